The molecule has 0 unspecified atom stereocenters. The Labute approximate surface area is 222 Å². The van der Waals surface area contributed by atoms with Crippen LogP contribution in [0.1, 0.15) is 35.8 Å². The number of ether oxygens (including phenoxy) is 2. The molecule has 2 N–H and O–H groups in total. The van der Waals surface area contributed by atoms with Crippen LogP contribution >= 0.6 is 0 Å². The molecule has 1 saturated heterocycles. The Bertz CT molecular complexity index is 1310. The van der Waals surface area contributed by atoms with E-state index in [0.29, 0.717) is 42.6 Å². The Morgan fingerprint density at radius 2 is 1.97 bits per heavy atom. The lowest BCUT2D eigenvalue weighted by molar-refractivity contribution is -0.119. The average molecular weight is 517 g/mol. The number of pyridine rings is 2. The van der Waals surface area contributed by atoms with Crippen LogP contribution in [0.15, 0.2) is 54.7 Å². The van der Waals surface area contributed by atoms with Crippen LogP contribution in [-0.4, -0.2) is 61.2 Å². The van der Waals surface area contributed by atoms with Gasteiger partial charge in [-0.05, 0) is 62.2 Å². The maximum Gasteiger partial charge on any atom is 0.251 e. The number of hydrogen-bond donors (Lipinski definition) is 2. The summed E-state index contributed by atoms with van der Waals surface area (Å²) in [5.41, 5.74) is 2.70. The number of benzene rings is 1. The van der Waals surface area contributed by atoms with Gasteiger partial charge in [0.2, 0.25) is 5.91 Å². The molecular weight excluding hydrogens is 484 g/mol. The summed E-state index contributed by atoms with van der Waals surface area (Å²) in [7, 11) is 3.35. The lowest BCUT2D eigenvalue weighted by Gasteiger charge is -2.44. The predicted octanol–water partition coefficient (Wildman–Crippen LogP) is 3.51. The van der Waals surface area contributed by atoms with E-state index in [1.807, 2.05) is 37.3 Å². The molecule has 10 nitrogen and oxygen atoms in total. The first kappa shape index (κ1) is 25.5. The number of carbonyl (C=O) groups is 2. The summed E-state index contributed by atoms with van der Waals surface area (Å²) in [5, 5.41) is 6.21. The van der Waals surface area contributed by atoms with Crippen LogP contribution in [0.25, 0.3) is 0 Å². The third-order valence-electron chi connectivity index (χ3n) is 7.03. The van der Waals surface area contributed by atoms with Crippen molar-refractivity contribution in [2.24, 2.45) is 0 Å². The molecule has 0 radical (unpaired) electrons. The fraction of sp³-hybridized carbons (Fsp3) is 0.357. The van der Waals surface area contributed by atoms with Crippen molar-refractivity contribution in [2.45, 2.75) is 38.4 Å². The molecule has 0 aliphatic carbocycles. The zero-order chi connectivity index (χ0) is 26.6. The van der Waals surface area contributed by atoms with Crippen molar-refractivity contribution in [1.82, 2.24) is 15.3 Å². The third-order valence-corrected chi connectivity index (χ3v) is 7.03. The summed E-state index contributed by atoms with van der Waals surface area (Å²) >= 11 is 0. The van der Waals surface area contributed by atoms with Gasteiger partial charge in [-0.15, -0.1) is 0 Å². The molecule has 2 aliphatic rings. The Balaban J connectivity index is 1.37. The number of fused-ring (bicyclic) bond motifs is 1. The van der Waals surface area contributed by atoms with Crippen molar-refractivity contribution >= 4 is 34.8 Å². The zero-order valence-corrected chi connectivity index (χ0v) is 21.8. The van der Waals surface area contributed by atoms with Gasteiger partial charge in [0.1, 0.15) is 17.6 Å². The lowest BCUT2D eigenvalue weighted by Crippen LogP contribution is -2.56. The first-order valence-corrected chi connectivity index (χ1v) is 12.7. The summed E-state index contributed by atoms with van der Waals surface area (Å²) in [4.78, 5) is 38.7. The van der Waals surface area contributed by atoms with Crippen LogP contribution in [0.2, 0.25) is 0 Å². The van der Waals surface area contributed by atoms with Crippen molar-refractivity contribution in [1.29, 1.82) is 0 Å². The van der Waals surface area contributed by atoms with Crippen molar-refractivity contribution in [3.63, 3.8) is 0 Å². The molecule has 0 bridgehead atoms. The number of nitrogens with one attached hydrogen (secondary N) is 2. The molecule has 1 atom stereocenters. The molecule has 1 fully saturated rings. The van der Waals surface area contributed by atoms with Crippen molar-refractivity contribution < 1.29 is 19.1 Å². The van der Waals surface area contributed by atoms with Gasteiger partial charge in [0.05, 0.1) is 30.7 Å². The van der Waals surface area contributed by atoms with E-state index < -0.39 is 0 Å². The van der Waals surface area contributed by atoms with Gasteiger partial charge in [0, 0.05) is 38.1 Å². The monoisotopic (exact) mass is 516 g/mol. The number of anilines is 4. The molecule has 198 valence electrons. The second-order valence-corrected chi connectivity index (χ2v) is 9.41. The maximum atomic E-state index is 13.0. The Kier molecular flexibility index (Phi) is 7.41. The highest BCUT2D eigenvalue weighted by molar-refractivity contribution is 6.04. The highest BCUT2D eigenvalue weighted by atomic mass is 16.5. The van der Waals surface area contributed by atoms with Gasteiger partial charge in [-0.1, -0.05) is 6.07 Å². The summed E-state index contributed by atoms with van der Waals surface area (Å²) in [6.45, 7) is 3.61. The Hall–Kier alpha value is -4.18. The van der Waals surface area contributed by atoms with Gasteiger partial charge in [0.25, 0.3) is 5.91 Å². The molecule has 38 heavy (non-hydrogen) atoms. The van der Waals surface area contributed by atoms with Crippen LogP contribution in [0.4, 0.5) is 23.0 Å². The topological polar surface area (TPSA) is 109 Å². The number of rotatable bonds is 7. The fourth-order valence-corrected chi connectivity index (χ4v) is 4.97. The first-order chi connectivity index (χ1) is 18.5. The predicted molar refractivity (Wildman–Crippen MR) is 145 cm³/mol. The second-order valence-electron chi connectivity index (χ2n) is 9.41. The van der Waals surface area contributed by atoms with Crippen LogP contribution < -0.4 is 25.2 Å². The zero-order valence-electron chi connectivity index (χ0n) is 21.8. The number of hydrogen-bond acceptors (Lipinski definition) is 8. The van der Waals surface area contributed by atoms with Gasteiger partial charge in [-0.2, -0.15) is 0 Å². The molecule has 2 aliphatic heterocycles. The fourth-order valence-electron chi connectivity index (χ4n) is 4.97. The number of aromatic nitrogens is 2. The van der Waals surface area contributed by atoms with E-state index in [-0.39, 0.29) is 23.9 Å². The van der Waals surface area contributed by atoms with E-state index in [0.717, 1.165) is 30.0 Å². The maximum absolute atomic E-state index is 13.0. The largest absolute Gasteiger partial charge is 0.495 e. The van der Waals surface area contributed by atoms with Gasteiger partial charge in [-0.3, -0.25) is 14.6 Å². The number of likely N-dealkylation sites (N-methyl/N-ethyl adjacent to an activating group) is 1. The van der Waals surface area contributed by atoms with Crippen LogP contribution in [-0.2, 0) is 16.1 Å². The molecule has 1 aromatic carbocycles. The minimum atomic E-state index is -0.322. The van der Waals surface area contributed by atoms with E-state index in [1.54, 1.807) is 43.5 Å². The smallest absolute Gasteiger partial charge is 0.251 e. The summed E-state index contributed by atoms with van der Waals surface area (Å²) in [5.74, 6) is 1.71. The van der Waals surface area contributed by atoms with E-state index in [2.05, 4.69) is 20.5 Å². The van der Waals surface area contributed by atoms with Gasteiger partial charge < -0.3 is 29.9 Å². The van der Waals surface area contributed by atoms with E-state index in [1.165, 1.54) is 0 Å². The average Bonchev–Trinajstić information content (AvgIpc) is 2.96. The number of methoxy groups -OCH3 is 1. The summed E-state index contributed by atoms with van der Waals surface area (Å²) < 4.78 is 11.1. The van der Waals surface area contributed by atoms with Crippen LogP contribution in [0.5, 0.6) is 5.75 Å². The van der Waals surface area contributed by atoms with Crippen LogP contribution in [0, 0.1) is 0 Å². The van der Waals surface area contributed by atoms with E-state index in [9.17, 15) is 9.59 Å². The van der Waals surface area contributed by atoms with E-state index >= 15 is 0 Å². The van der Waals surface area contributed by atoms with Crippen molar-refractivity contribution in [3.05, 3.63) is 66.0 Å². The molecule has 3 aromatic rings. The minimum absolute atomic E-state index is 0.0464. The van der Waals surface area contributed by atoms with Gasteiger partial charge in [-0.25, -0.2) is 4.98 Å². The van der Waals surface area contributed by atoms with Crippen molar-refractivity contribution in [2.75, 3.05) is 42.5 Å². The minimum Gasteiger partial charge on any atom is -0.495 e. The molecule has 4 heterocycles. The highest BCUT2D eigenvalue weighted by Crippen LogP contribution is 2.39. The van der Waals surface area contributed by atoms with E-state index in [4.69, 9.17) is 14.5 Å². The Morgan fingerprint density at radius 3 is 2.71 bits per heavy atom. The second kappa shape index (κ2) is 11.1. The normalized spacial score (nSPS) is 17.7. The number of nitrogens with zero attached hydrogens (tertiary/aromatic N) is 4. The molecule has 2 amide bonds. The third kappa shape index (κ3) is 5.12. The first-order valence-electron chi connectivity index (χ1n) is 12.7. The number of amides is 2. The summed E-state index contributed by atoms with van der Waals surface area (Å²) in [6.07, 6.45) is 3.38. The van der Waals surface area contributed by atoms with Crippen LogP contribution in [0.3, 0.4) is 0 Å². The number of carbonyl (C=O) groups excluding carboxylic acids is 2. The summed E-state index contributed by atoms with van der Waals surface area (Å²) in [6, 6.07) is 14.4. The van der Waals surface area contributed by atoms with Gasteiger partial charge >= 0.3 is 0 Å². The lowest BCUT2D eigenvalue weighted by atomic mass is 10.0. The molecule has 0 saturated carbocycles. The quantitative estimate of drug-likeness (QED) is 0.491. The standard InChI is InChI=1S/C28H32N6O4/c1-18-28(36)33(2)23-9-10-25(32-26(23)34(18)21-11-14-38-15-12-21)31-22-8-7-19(16-24(22)37-3)27(35)30-17-20-6-4-5-13-29-20/h4-10,13,16,18,21H,11-12,14-15,17H2,1-3H3,(H,30,35)(H,31,32)/t18-/m1/s1. The molecular formula is C28H32N6O4. The Morgan fingerprint density at radius 1 is 1.16 bits per heavy atom. The molecule has 5 rings (SSSR count). The molecule has 0 spiro atoms. The van der Waals surface area contributed by atoms with Gasteiger partial charge in [0.15, 0.2) is 5.82 Å². The SMILES string of the molecule is COc1cc(C(=O)NCc2ccccn2)ccc1Nc1ccc2c(n1)N(C1CCOCC1)[C@H](C)C(=O)N2C. The molecule has 10 heteroatoms. The molecule has 2 aromatic heterocycles. The van der Waals surface area contributed by atoms with Crippen molar-refractivity contribution in [3.8, 4) is 5.75 Å². The highest BCUT2D eigenvalue weighted by Gasteiger charge is 2.39.